The summed E-state index contributed by atoms with van der Waals surface area (Å²) in [6, 6.07) is 5.97. The van der Waals surface area contributed by atoms with Crippen molar-refractivity contribution in [1.29, 1.82) is 0 Å². The van der Waals surface area contributed by atoms with Gasteiger partial charge in [-0.1, -0.05) is 12.1 Å². The van der Waals surface area contributed by atoms with Crippen LogP contribution in [0.25, 0.3) is 0 Å². The van der Waals surface area contributed by atoms with Crippen LogP contribution < -0.4 is 0 Å². The lowest BCUT2D eigenvalue weighted by molar-refractivity contribution is -0.176. The normalized spacial score (nSPS) is 33.5. The van der Waals surface area contributed by atoms with Crippen LogP contribution in [0.2, 0.25) is 0 Å². The maximum absolute atomic E-state index is 13.5. The molecule has 3 aliphatic carbocycles. The molecule has 0 spiro atoms. The van der Waals surface area contributed by atoms with Gasteiger partial charge in [0.15, 0.2) is 5.78 Å². The van der Waals surface area contributed by atoms with E-state index in [0.717, 1.165) is 0 Å². The maximum Gasteiger partial charge on any atom is 0.227 e. The first-order valence-electron chi connectivity index (χ1n) is 5.48. The molecule has 0 saturated heterocycles. The molecule has 3 fully saturated rings. The number of rotatable bonds is 3. The first kappa shape index (κ1) is 10.9. The first-order chi connectivity index (χ1) is 7.99. The maximum atomic E-state index is 13.5. The van der Waals surface area contributed by atoms with Crippen molar-refractivity contribution < 1.29 is 14.0 Å². The summed E-state index contributed by atoms with van der Waals surface area (Å²) >= 11 is 5.48. The van der Waals surface area contributed by atoms with Crippen LogP contribution in [-0.2, 0) is 4.79 Å². The molecule has 17 heavy (non-hydrogen) atoms. The highest BCUT2D eigenvalue weighted by atomic mass is 35.5. The van der Waals surface area contributed by atoms with E-state index in [4.69, 9.17) is 11.6 Å². The molecule has 88 valence electrons. The van der Waals surface area contributed by atoms with Crippen LogP contribution in [0.1, 0.15) is 29.6 Å². The van der Waals surface area contributed by atoms with Gasteiger partial charge in [-0.2, -0.15) is 0 Å². The van der Waals surface area contributed by atoms with Gasteiger partial charge in [0.25, 0.3) is 0 Å². The Kier molecular flexibility index (Phi) is 2.03. The van der Waals surface area contributed by atoms with Crippen LogP contribution in [-0.4, -0.2) is 11.0 Å². The lowest BCUT2D eigenvalue weighted by Gasteiger charge is -2.67. The second-order valence-corrected chi connectivity index (χ2v) is 5.52. The van der Waals surface area contributed by atoms with E-state index in [-0.39, 0.29) is 16.6 Å². The van der Waals surface area contributed by atoms with Crippen molar-refractivity contribution >= 4 is 22.6 Å². The summed E-state index contributed by atoms with van der Waals surface area (Å²) in [5.74, 6) is -0.677. The molecule has 0 atom stereocenters. The zero-order chi connectivity index (χ0) is 12.3. The number of ketones is 1. The number of carbonyl (C=O) groups excluding carboxylic acids is 2. The summed E-state index contributed by atoms with van der Waals surface area (Å²) < 4.78 is 13.5. The Hall–Kier alpha value is -1.22. The Morgan fingerprint density at radius 1 is 1.12 bits per heavy atom. The van der Waals surface area contributed by atoms with Gasteiger partial charge >= 0.3 is 0 Å². The Labute approximate surface area is 103 Å². The minimum Gasteiger partial charge on any atom is -0.293 e. The molecule has 0 heterocycles. The van der Waals surface area contributed by atoms with Gasteiger partial charge in [0, 0.05) is 10.8 Å². The highest BCUT2D eigenvalue weighted by Gasteiger charge is 2.74. The molecule has 3 aliphatic rings. The summed E-state index contributed by atoms with van der Waals surface area (Å²) in [6.07, 6.45) is 1.44. The minimum atomic E-state index is -0.521. The van der Waals surface area contributed by atoms with Gasteiger partial charge in [-0.05, 0) is 43.0 Å². The lowest BCUT2D eigenvalue weighted by Crippen LogP contribution is -2.67. The number of hydrogen-bond donors (Lipinski definition) is 0. The van der Waals surface area contributed by atoms with Gasteiger partial charge in [0.2, 0.25) is 5.24 Å². The summed E-state index contributed by atoms with van der Waals surface area (Å²) in [4.78, 5) is 23.3. The monoisotopic (exact) mass is 252 g/mol. The predicted octanol–water partition coefficient (Wildman–Crippen LogP) is 2.94. The van der Waals surface area contributed by atoms with Gasteiger partial charge < -0.3 is 0 Å². The van der Waals surface area contributed by atoms with Crippen LogP contribution in [0.4, 0.5) is 4.39 Å². The summed E-state index contributed by atoms with van der Waals surface area (Å²) in [7, 11) is 0. The average Bonchev–Trinajstić information content (AvgIpc) is 2.13. The van der Waals surface area contributed by atoms with Crippen molar-refractivity contribution in [3.8, 4) is 0 Å². The number of hydrogen-bond acceptors (Lipinski definition) is 2. The molecule has 0 aliphatic heterocycles. The molecule has 2 nitrogen and oxygen atoms in total. The highest BCUT2D eigenvalue weighted by molar-refractivity contribution is 6.65. The Balaban J connectivity index is 1.84. The van der Waals surface area contributed by atoms with Crippen LogP contribution >= 0.6 is 11.6 Å². The van der Waals surface area contributed by atoms with E-state index in [1.54, 1.807) is 12.1 Å². The third kappa shape index (κ3) is 1.26. The molecule has 0 aromatic heterocycles. The minimum absolute atomic E-state index is 0.128. The molecule has 0 amide bonds. The Bertz CT molecular complexity index is 518. The molecule has 1 aromatic carbocycles. The number of carbonyl (C=O) groups is 2. The Morgan fingerprint density at radius 2 is 1.71 bits per heavy atom. The largest absolute Gasteiger partial charge is 0.293 e. The molecule has 0 N–H and O–H groups in total. The van der Waals surface area contributed by atoms with Gasteiger partial charge in [0.1, 0.15) is 5.82 Å². The molecular formula is C13H10ClFO2. The van der Waals surface area contributed by atoms with Crippen LogP contribution in [0, 0.1) is 16.6 Å². The molecular weight excluding hydrogens is 243 g/mol. The fourth-order valence-corrected chi connectivity index (χ4v) is 3.37. The van der Waals surface area contributed by atoms with Crippen molar-refractivity contribution in [3.05, 3.63) is 35.6 Å². The van der Waals surface area contributed by atoms with Gasteiger partial charge in [-0.15, -0.1) is 0 Å². The molecule has 2 bridgehead atoms. The third-order valence-corrected chi connectivity index (χ3v) is 4.45. The Morgan fingerprint density at radius 3 is 2.24 bits per heavy atom. The van der Waals surface area contributed by atoms with Crippen LogP contribution in [0.15, 0.2) is 24.3 Å². The zero-order valence-corrected chi connectivity index (χ0v) is 9.76. The van der Waals surface area contributed by atoms with Crippen molar-refractivity contribution in [2.45, 2.75) is 19.3 Å². The van der Waals surface area contributed by atoms with E-state index in [1.807, 2.05) is 0 Å². The molecule has 0 unspecified atom stereocenters. The van der Waals surface area contributed by atoms with E-state index in [0.29, 0.717) is 19.3 Å². The number of Topliss-reactive ketones (excluding diaryl/α,β-unsaturated/α-hetero) is 1. The zero-order valence-electron chi connectivity index (χ0n) is 9.00. The van der Waals surface area contributed by atoms with Crippen molar-refractivity contribution in [3.63, 3.8) is 0 Å². The van der Waals surface area contributed by atoms with Gasteiger partial charge in [-0.25, -0.2) is 4.39 Å². The SMILES string of the molecule is O=C(Cl)C12CC(C(=O)c3ccccc3F)(C1)C2. The fraction of sp³-hybridized carbons (Fsp3) is 0.385. The fourth-order valence-electron chi connectivity index (χ4n) is 3.17. The third-order valence-electron chi connectivity index (χ3n) is 4.05. The average molecular weight is 253 g/mol. The highest BCUT2D eigenvalue weighted by Crippen LogP contribution is 2.74. The molecule has 4 heteroatoms. The first-order valence-corrected chi connectivity index (χ1v) is 5.86. The summed E-state index contributed by atoms with van der Waals surface area (Å²) in [5.41, 5.74) is -0.877. The predicted molar refractivity (Wildman–Crippen MR) is 60.3 cm³/mol. The van der Waals surface area contributed by atoms with Gasteiger partial charge in [0.05, 0.1) is 5.56 Å². The van der Waals surface area contributed by atoms with Crippen LogP contribution in [0.5, 0.6) is 0 Å². The van der Waals surface area contributed by atoms with Gasteiger partial charge in [-0.3, -0.25) is 9.59 Å². The van der Waals surface area contributed by atoms with Crippen molar-refractivity contribution in [1.82, 2.24) is 0 Å². The van der Waals surface area contributed by atoms with E-state index in [9.17, 15) is 14.0 Å². The summed E-state index contributed by atoms with van der Waals surface area (Å²) in [6.45, 7) is 0. The molecule has 4 rings (SSSR count). The standard InChI is InChI=1S/C13H10ClFO2/c14-11(17)13-5-12(6-13,7-13)10(16)8-3-1-2-4-9(8)15/h1-4H,5-7H2. The van der Waals surface area contributed by atoms with Crippen molar-refractivity contribution in [2.24, 2.45) is 10.8 Å². The second-order valence-electron chi connectivity index (χ2n) is 5.17. The van der Waals surface area contributed by atoms with E-state index < -0.39 is 16.6 Å². The topological polar surface area (TPSA) is 34.1 Å². The smallest absolute Gasteiger partial charge is 0.227 e. The van der Waals surface area contributed by atoms with Crippen LogP contribution in [0.3, 0.4) is 0 Å². The quantitative estimate of drug-likeness (QED) is 0.612. The lowest BCUT2D eigenvalue weighted by atomic mass is 9.34. The second kappa shape index (κ2) is 3.16. The summed E-state index contributed by atoms with van der Waals surface area (Å²) in [5, 5.41) is -0.360. The van der Waals surface area contributed by atoms with Crippen molar-refractivity contribution in [2.75, 3.05) is 0 Å². The molecule has 1 aromatic rings. The molecule has 0 radical (unpaired) electrons. The van der Waals surface area contributed by atoms with E-state index in [2.05, 4.69) is 0 Å². The number of benzene rings is 1. The number of halogens is 2. The van der Waals surface area contributed by atoms with E-state index in [1.165, 1.54) is 12.1 Å². The molecule has 3 saturated carbocycles. The van der Waals surface area contributed by atoms with E-state index >= 15 is 0 Å².